The van der Waals surface area contributed by atoms with Gasteiger partial charge in [-0.05, 0) is 19.3 Å². The summed E-state index contributed by atoms with van der Waals surface area (Å²) in [5.41, 5.74) is 3.80. The van der Waals surface area contributed by atoms with Crippen molar-refractivity contribution in [1.29, 1.82) is 0 Å². The Bertz CT molecular complexity index is 537. The molecule has 1 saturated heterocycles. The quantitative estimate of drug-likeness (QED) is 0.411. The zero-order valence-corrected chi connectivity index (χ0v) is 18.0. The highest BCUT2D eigenvalue weighted by Gasteiger charge is 2.20. The fourth-order valence-corrected chi connectivity index (χ4v) is 3.35. The highest BCUT2D eigenvalue weighted by Crippen LogP contribution is 2.16. The number of aliphatic imine (C=N–C) groups is 1. The summed E-state index contributed by atoms with van der Waals surface area (Å²) in [5, 5.41) is 8.14. The van der Waals surface area contributed by atoms with Gasteiger partial charge in [-0.25, -0.2) is 0 Å². The number of aromatic nitrogens is 2. The third kappa shape index (κ3) is 5.08. The lowest BCUT2D eigenvalue weighted by molar-refractivity contribution is 0.181. The topological polar surface area (TPSA) is 54.7 Å². The molecular formula is C17H32IN5O. The van der Waals surface area contributed by atoms with Crippen LogP contribution in [0.25, 0.3) is 0 Å². The number of hydrogen-bond donors (Lipinski definition) is 1. The molecule has 0 spiro atoms. The van der Waals surface area contributed by atoms with Gasteiger partial charge in [-0.1, -0.05) is 13.8 Å². The second kappa shape index (κ2) is 10.2. The predicted octanol–water partition coefficient (Wildman–Crippen LogP) is 2.21. The number of halogens is 1. The molecule has 24 heavy (non-hydrogen) atoms. The van der Waals surface area contributed by atoms with Crippen molar-refractivity contribution in [3.63, 3.8) is 0 Å². The van der Waals surface area contributed by atoms with Gasteiger partial charge in [-0.3, -0.25) is 9.67 Å². The summed E-state index contributed by atoms with van der Waals surface area (Å²) in [6.07, 6.45) is 3.09. The minimum absolute atomic E-state index is 0. The number of guanidine groups is 1. The maximum Gasteiger partial charge on any atom is 0.193 e. The van der Waals surface area contributed by atoms with Crippen molar-refractivity contribution in [3.05, 3.63) is 17.0 Å². The summed E-state index contributed by atoms with van der Waals surface area (Å²) < 4.78 is 7.48. The van der Waals surface area contributed by atoms with Crippen LogP contribution < -0.4 is 5.32 Å². The van der Waals surface area contributed by atoms with Gasteiger partial charge < -0.3 is 15.0 Å². The average Bonchev–Trinajstić information content (AvgIpc) is 3.15. The first kappa shape index (κ1) is 21.2. The zero-order chi connectivity index (χ0) is 16.8. The van der Waals surface area contributed by atoms with E-state index in [9.17, 15) is 0 Å². The molecule has 1 unspecified atom stereocenters. The van der Waals surface area contributed by atoms with Gasteiger partial charge in [0.25, 0.3) is 0 Å². The first-order valence-electron chi connectivity index (χ1n) is 8.63. The van der Waals surface area contributed by atoms with Gasteiger partial charge in [0.1, 0.15) is 0 Å². The summed E-state index contributed by atoms with van der Waals surface area (Å²) in [6.45, 7) is 7.85. The van der Waals surface area contributed by atoms with Gasteiger partial charge in [-0.15, -0.1) is 24.0 Å². The number of aryl methyl sites for hydroxylation is 2. The smallest absolute Gasteiger partial charge is 0.193 e. The monoisotopic (exact) mass is 449 g/mol. The molecule has 1 aliphatic rings. The lowest BCUT2D eigenvalue weighted by Crippen LogP contribution is -2.41. The van der Waals surface area contributed by atoms with Gasteiger partial charge in [-0.2, -0.15) is 5.10 Å². The molecule has 0 bridgehead atoms. The van der Waals surface area contributed by atoms with Crippen LogP contribution in [-0.2, 0) is 31.2 Å². The van der Waals surface area contributed by atoms with E-state index in [1.807, 2.05) is 18.8 Å². The molecule has 7 heteroatoms. The first-order chi connectivity index (χ1) is 11.1. The predicted molar refractivity (Wildman–Crippen MR) is 109 cm³/mol. The molecule has 0 aliphatic carbocycles. The standard InChI is InChI=1S/C17H31N5O.HI/c1-6-15-14(16(7-2)22(5)20-15)10-19-17(18-3)21(4)11-13-8-9-23-12-13;/h13H,6-12H2,1-5H3,(H,18,19);1H. The van der Waals surface area contributed by atoms with E-state index in [2.05, 4.69) is 41.2 Å². The Kier molecular flexibility index (Phi) is 9.04. The van der Waals surface area contributed by atoms with Gasteiger partial charge in [0.05, 0.1) is 12.3 Å². The van der Waals surface area contributed by atoms with Gasteiger partial charge in [0, 0.05) is 58.0 Å². The third-order valence-corrected chi connectivity index (χ3v) is 4.58. The van der Waals surface area contributed by atoms with Crippen molar-refractivity contribution in [2.45, 2.75) is 39.7 Å². The average molecular weight is 449 g/mol. The normalized spacial score (nSPS) is 17.7. The Morgan fingerprint density at radius 2 is 2.17 bits per heavy atom. The third-order valence-electron chi connectivity index (χ3n) is 4.58. The van der Waals surface area contributed by atoms with Crippen molar-refractivity contribution >= 4 is 29.9 Å². The van der Waals surface area contributed by atoms with E-state index in [-0.39, 0.29) is 24.0 Å². The molecule has 0 amide bonds. The summed E-state index contributed by atoms with van der Waals surface area (Å²) >= 11 is 0. The number of nitrogens with zero attached hydrogens (tertiary/aromatic N) is 4. The number of hydrogen-bond acceptors (Lipinski definition) is 3. The minimum atomic E-state index is 0. The molecule has 2 rings (SSSR count). The lowest BCUT2D eigenvalue weighted by Gasteiger charge is -2.24. The van der Waals surface area contributed by atoms with Crippen LogP contribution in [0.1, 0.15) is 37.2 Å². The van der Waals surface area contributed by atoms with Crippen LogP contribution in [0.2, 0.25) is 0 Å². The zero-order valence-electron chi connectivity index (χ0n) is 15.6. The Morgan fingerprint density at radius 1 is 1.42 bits per heavy atom. The maximum atomic E-state index is 5.47. The van der Waals surface area contributed by atoms with Crippen molar-refractivity contribution in [2.75, 3.05) is 33.9 Å². The first-order valence-corrected chi connectivity index (χ1v) is 8.63. The van der Waals surface area contributed by atoms with Crippen LogP contribution in [0.5, 0.6) is 0 Å². The van der Waals surface area contributed by atoms with Crippen LogP contribution in [0.4, 0.5) is 0 Å². The van der Waals surface area contributed by atoms with Crippen molar-refractivity contribution in [3.8, 4) is 0 Å². The fraction of sp³-hybridized carbons (Fsp3) is 0.765. The Labute approximate surface area is 163 Å². The molecule has 1 N–H and O–H groups in total. The summed E-state index contributed by atoms with van der Waals surface area (Å²) in [5.74, 6) is 1.54. The number of rotatable bonds is 6. The van der Waals surface area contributed by atoms with E-state index in [1.165, 1.54) is 17.0 Å². The molecule has 138 valence electrons. The molecule has 0 saturated carbocycles. The molecule has 2 heterocycles. The van der Waals surface area contributed by atoms with Crippen molar-refractivity contribution in [1.82, 2.24) is 20.0 Å². The lowest BCUT2D eigenvalue weighted by atomic mass is 10.1. The summed E-state index contributed by atoms with van der Waals surface area (Å²) in [7, 11) is 5.97. The van der Waals surface area contributed by atoms with E-state index >= 15 is 0 Å². The SMILES string of the molecule is CCc1nn(C)c(CC)c1CNC(=NC)N(C)CC1CCOC1.I. The summed E-state index contributed by atoms with van der Waals surface area (Å²) in [6, 6.07) is 0. The highest BCUT2D eigenvalue weighted by atomic mass is 127. The molecule has 1 fully saturated rings. The van der Waals surface area contributed by atoms with Crippen LogP contribution in [0.3, 0.4) is 0 Å². The second-order valence-corrected chi connectivity index (χ2v) is 6.21. The molecule has 1 aromatic rings. The van der Waals surface area contributed by atoms with Crippen molar-refractivity contribution in [2.24, 2.45) is 18.0 Å². The van der Waals surface area contributed by atoms with E-state index < -0.39 is 0 Å². The van der Waals surface area contributed by atoms with E-state index in [0.29, 0.717) is 5.92 Å². The molecule has 1 aromatic heterocycles. The Morgan fingerprint density at radius 3 is 2.71 bits per heavy atom. The molecule has 1 atom stereocenters. The minimum Gasteiger partial charge on any atom is -0.381 e. The van der Waals surface area contributed by atoms with E-state index in [0.717, 1.165) is 51.5 Å². The largest absolute Gasteiger partial charge is 0.381 e. The molecule has 1 aliphatic heterocycles. The van der Waals surface area contributed by atoms with Crippen LogP contribution >= 0.6 is 24.0 Å². The fourth-order valence-electron chi connectivity index (χ4n) is 3.35. The van der Waals surface area contributed by atoms with E-state index in [1.54, 1.807) is 0 Å². The van der Waals surface area contributed by atoms with Gasteiger partial charge >= 0.3 is 0 Å². The highest BCUT2D eigenvalue weighted by molar-refractivity contribution is 14.0. The molecule has 0 aromatic carbocycles. The Balaban J connectivity index is 0.00000288. The van der Waals surface area contributed by atoms with Crippen LogP contribution in [0, 0.1) is 5.92 Å². The molecule has 6 nitrogen and oxygen atoms in total. The van der Waals surface area contributed by atoms with Gasteiger partial charge in [0.15, 0.2) is 5.96 Å². The van der Waals surface area contributed by atoms with Crippen molar-refractivity contribution < 1.29 is 4.74 Å². The Hall–Kier alpha value is -0.830. The van der Waals surface area contributed by atoms with Crippen LogP contribution in [-0.4, -0.2) is 54.5 Å². The van der Waals surface area contributed by atoms with Crippen LogP contribution in [0.15, 0.2) is 4.99 Å². The molecular weight excluding hydrogens is 417 g/mol. The maximum absolute atomic E-state index is 5.47. The van der Waals surface area contributed by atoms with Gasteiger partial charge in [0.2, 0.25) is 0 Å². The number of ether oxygens (including phenoxy) is 1. The molecule has 0 radical (unpaired) electrons. The number of nitrogens with one attached hydrogen (secondary N) is 1. The van der Waals surface area contributed by atoms with E-state index in [4.69, 9.17) is 4.74 Å². The second-order valence-electron chi connectivity index (χ2n) is 6.21. The summed E-state index contributed by atoms with van der Waals surface area (Å²) in [4.78, 5) is 6.63.